The standard InChI is InChI=1S/C18H17F2N/c1-12-11-18(2,3)21(15-9-5-4-7-13(12)15)16-10-6-8-14(19)17(16)20/h4-11H,1-3H3. The summed E-state index contributed by atoms with van der Waals surface area (Å²) < 4.78 is 27.9. The molecule has 21 heavy (non-hydrogen) atoms. The SMILES string of the molecule is CC1=CC(C)(C)N(c2cccc(F)c2F)c2ccccc21. The average molecular weight is 285 g/mol. The molecule has 0 bridgehead atoms. The first-order valence-electron chi connectivity index (χ1n) is 6.95. The van der Waals surface area contributed by atoms with Crippen LogP contribution in [0.5, 0.6) is 0 Å². The Hall–Kier alpha value is -2.16. The van der Waals surface area contributed by atoms with Crippen molar-refractivity contribution in [2.45, 2.75) is 26.3 Å². The lowest BCUT2D eigenvalue weighted by atomic mass is 9.88. The van der Waals surface area contributed by atoms with E-state index < -0.39 is 17.2 Å². The molecule has 0 radical (unpaired) electrons. The number of nitrogens with zero attached hydrogens (tertiary/aromatic N) is 1. The summed E-state index contributed by atoms with van der Waals surface area (Å²) in [6, 6.07) is 12.1. The van der Waals surface area contributed by atoms with Gasteiger partial charge in [0.15, 0.2) is 11.6 Å². The van der Waals surface area contributed by atoms with Gasteiger partial charge in [-0.15, -0.1) is 0 Å². The minimum atomic E-state index is -0.827. The van der Waals surface area contributed by atoms with Crippen LogP contribution in [0.3, 0.4) is 0 Å². The number of rotatable bonds is 1. The van der Waals surface area contributed by atoms with Crippen LogP contribution in [0.4, 0.5) is 20.2 Å². The van der Waals surface area contributed by atoms with E-state index in [0.29, 0.717) is 0 Å². The Kier molecular flexibility index (Phi) is 3.08. The third-order valence-corrected chi connectivity index (χ3v) is 3.89. The minimum Gasteiger partial charge on any atom is -0.329 e. The molecule has 1 nitrogen and oxygen atoms in total. The Labute approximate surface area is 123 Å². The lowest BCUT2D eigenvalue weighted by Crippen LogP contribution is -2.42. The van der Waals surface area contributed by atoms with E-state index in [4.69, 9.17) is 0 Å². The minimum absolute atomic E-state index is 0.260. The van der Waals surface area contributed by atoms with Crippen molar-refractivity contribution in [3.05, 3.63) is 65.7 Å². The number of anilines is 2. The highest BCUT2D eigenvalue weighted by Crippen LogP contribution is 2.44. The number of benzene rings is 2. The van der Waals surface area contributed by atoms with E-state index in [2.05, 4.69) is 6.08 Å². The molecule has 3 rings (SSSR count). The molecule has 0 unspecified atom stereocenters. The van der Waals surface area contributed by atoms with Crippen LogP contribution < -0.4 is 4.90 Å². The highest BCUT2D eigenvalue weighted by Gasteiger charge is 2.34. The monoisotopic (exact) mass is 285 g/mol. The van der Waals surface area contributed by atoms with Crippen molar-refractivity contribution in [1.29, 1.82) is 0 Å². The zero-order valence-electron chi connectivity index (χ0n) is 12.3. The van der Waals surface area contributed by atoms with Crippen LogP contribution >= 0.6 is 0 Å². The van der Waals surface area contributed by atoms with Crippen molar-refractivity contribution < 1.29 is 8.78 Å². The molecule has 1 aliphatic heterocycles. The van der Waals surface area contributed by atoms with Crippen LogP contribution in [0.15, 0.2) is 48.5 Å². The largest absolute Gasteiger partial charge is 0.329 e. The molecule has 3 heteroatoms. The quantitative estimate of drug-likeness (QED) is 0.687. The van der Waals surface area contributed by atoms with E-state index in [0.717, 1.165) is 22.9 Å². The van der Waals surface area contributed by atoms with Gasteiger partial charge in [0.25, 0.3) is 0 Å². The van der Waals surface area contributed by atoms with Crippen molar-refractivity contribution >= 4 is 16.9 Å². The third kappa shape index (κ3) is 2.13. The summed E-state index contributed by atoms with van der Waals surface area (Å²) in [6.45, 7) is 6.04. The Morgan fingerprint density at radius 2 is 1.57 bits per heavy atom. The lowest BCUT2D eigenvalue weighted by molar-refractivity contribution is 0.500. The van der Waals surface area contributed by atoms with E-state index >= 15 is 0 Å². The smallest absolute Gasteiger partial charge is 0.182 e. The number of para-hydroxylation sites is 1. The van der Waals surface area contributed by atoms with Crippen LogP contribution in [0, 0.1) is 11.6 Å². The lowest BCUT2D eigenvalue weighted by Gasteiger charge is -2.43. The Morgan fingerprint density at radius 3 is 2.33 bits per heavy atom. The van der Waals surface area contributed by atoms with Gasteiger partial charge < -0.3 is 4.90 Å². The molecule has 0 saturated heterocycles. The average Bonchev–Trinajstić information content (AvgIpc) is 2.42. The molecular formula is C18H17F2N. The van der Waals surface area contributed by atoms with Gasteiger partial charge in [0.1, 0.15) is 0 Å². The van der Waals surface area contributed by atoms with Crippen LogP contribution in [0.25, 0.3) is 5.57 Å². The summed E-state index contributed by atoms with van der Waals surface area (Å²) in [5.74, 6) is -1.64. The van der Waals surface area contributed by atoms with Gasteiger partial charge in [-0.2, -0.15) is 0 Å². The molecule has 0 saturated carbocycles. The maximum Gasteiger partial charge on any atom is 0.182 e. The molecule has 2 aromatic rings. The van der Waals surface area contributed by atoms with Gasteiger partial charge in [-0.25, -0.2) is 8.78 Å². The molecule has 1 heterocycles. The van der Waals surface area contributed by atoms with E-state index in [9.17, 15) is 8.78 Å². The molecule has 0 aromatic heterocycles. The first-order chi connectivity index (χ1) is 9.92. The maximum absolute atomic E-state index is 14.3. The zero-order chi connectivity index (χ0) is 15.2. The topological polar surface area (TPSA) is 3.24 Å². The molecule has 2 aromatic carbocycles. The van der Waals surface area contributed by atoms with E-state index in [-0.39, 0.29) is 5.69 Å². The predicted molar refractivity (Wildman–Crippen MR) is 82.7 cm³/mol. The maximum atomic E-state index is 14.3. The predicted octanol–water partition coefficient (Wildman–Crippen LogP) is 5.30. The number of fused-ring (bicyclic) bond motifs is 1. The number of hydrogen-bond donors (Lipinski definition) is 0. The van der Waals surface area contributed by atoms with E-state index in [1.807, 2.05) is 49.9 Å². The first kappa shape index (κ1) is 13.8. The van der Waals surface area contributed by atoms with Crippen LogP contribution in [-0.2, 0) is 0 Å². The van der Waals surface area contributed by atoms with E-state index in [1.54, 1.807) is 6.07 Å². The molecular weight excluding hydrogens is 268 g/mol. The molecule has 0 aliphatic carbocycles. The third-order valence-electron chi connectivity index (χ3n) is 3.89. The molecule has 0 fully saturated rings. The summed E-state index contributed by atoms with van der Waals surface area (Å²) in [5, 5.41) is 0. The summed E-state index contributed by atoms with van der Waals surface area (Å²) in [6.07, 6.45) is 2.08. The van der Waals surface area contributed by atoms with Gasteiger partial charge in [-0.3, -0.25) is 0 Å². The number of allylic oxidation sites excluding steroid dienone is 1. The van der Waals surface area contributed by atoms with Crippen LogP contribution in [0.1, 0.15) is 26.3 Å². The molecule has 108 valence electrons. The van der Waals surface area contributed by atoms with Crippen LogP contribution in [-0.4, -0.2) is 5.54 Å². The molecule has 1 aliphatic rings. The Morgan fingerprint density at radius 1 is 0.905 bits per heavy atom. The van der Waals surface area contributed by atoms with Gasteiger partial charge in [0.2, 0.25) is 0 Å². The second kappa shape index (κ2) is 4.69. The van der Waals surface area contributed by atoms with Gasteiger partial charge in [-0.1, -0.05) is 30.3 Å². The van der Waals surface area contributed by atoms with Crippen molar-refractivity contribution in [2.75, 3.05) is 4.90 Å². The van der Waals surface area contributed by atoms with Gasteiger partial charge in [0, 0.05) is 11.3 Å². The highest BCUT2D eigenvalue weighted by atomic mass is 19.2. The van der Waals surface area contributed by atoms with Crippen molar-refractivity contribution in [3.8, 4) is 0 Å². The Balaban J connectivity index is 2.28. The summed E-state index contributed by atoms with van der Waals surface area (Å²) >= 11 is 0. The van der Waals surface area contributed by atoms with Gasteiger partial charge in [-0.05, 0) is 44.5 Å². The highest BCUT2D eigenvalue weighted by molar-refractivity contribution is 5.85. The van der Waals surface area contributed by atoms with Gasteiger partial charge >= 0.3 is 0 Å². The summed E-state index contributed by atoms with van der Waals surface area (Å²) in [4.78, 5) is 1.85. The fourth-order valence-corrected chi connectivity index (χ4v) is 3.09. The molecule has 0 spiro atoms. The van der Waals surface area contributed by atoms with Crippen molar-refractivity contribution in [1.82, 2.24) is 0 Å². The zero-order valence-corrected chi connectivity index (χ0v) is 12.3. The van der Waals surface area contributed by atoms with Crippen LogP contribution in [0.2, 0.25) is 0 Å². The second-order valence-electron chi connectivity index (χ2n) is 5.91. The molecule has 0 atom stereocenters. The van der Waals surface area contributed by atoms with Crippen molar-refractivity contribution in [3.63, 3.8) is 0 Å². The number of halogens is 2. The number of hydrogen-bond acceptors (Lipinski definition) is 1. The molecule has 0 amide bonds. The van der Waals surface area contributed by atoms with Gasteiger partial charge in [0.05, 0.1) is 11.2 Å². The van der Waals surface area contributed by atoms with Crippen molar-refractivity contribution in [2.24, 2.45) is 0 Å². The molecule has 0 N–H and O–H groups in total. The second-order valence-corrected chi connectivity index (χ2v) is 5.91. The Bertz CT molecular complexity index is 732. The first-order valence-corrected chi connectivity index (χ1v) is 6.95. The fraction of sp³-hybridized carbons (Fsp3) is 0.222. The van der Waals surface area contributed by atoms with E-state index in [1.165, 1.54) is 6.07 Å². The summed E-state index contributed by atoms with van der Waals surface area (Å²) in [7, 11) is 0. The fourth-order valence-electron chi connectivity index (χ4n) is 3.09. The summed E-state index contributed by atoms with van der Waals surface area (Å²) in [5.41, 5.74) is 2.90. The normalized spacial score (nSPS) is 16.4.